The summed E-state index contributed by atoms with van der Waals surface area (Å²) in [6.07, 6.45) is -33.4. The van der Waals surface area contributed by atoms with Crippen LogP contribution in [0.25, 0.3) is 0 Å². The van der Waals surface area contributed by atoms with Gasteiger partial charge in [0.15, 0.2) is 25.2 Å². The number of hydrogen-bond donors (Lipinski definition) is 15. The van der Waals surface area contributed by atoms with E-state index in [1.165, 1.54) is 0 Å². The number of aliphatic hydroxyl groups excluding tert-OH is 14. The van der Waals surface area contributed by atoms with Crippen LogP contribution in [0.3, 0.4) is 0 Å². The molecule has 0 radical (unpaired) electrons. The van der Waals surface area contributed by atoms with Gasteiger partial charge in [0.05, 0.1) is 45.7 Å². The van der Waals surface area contributed by atoms with E-state index >= 15 is 0 Å². The van der Waals surface area contributed by atoms with Crippen LogP contribution in [0.15, 0.2) is 0 Å². The monoisotopic (exact) mass is 739 g/mol. The second-order valence-corrected chi connectivity index (χ2v) is 12.4. The number of ether oxygens (including phenoxy) is 8. The Morgan fingerprint density at radius 1 is 0.520 bits per heavy atom. The van der Waals surface area contributed by atoms with Crippen LogP contribution in [0.2, 0.25) is 0 Å². The molecule has 50 heavy (non-hydrogen) atoms. The molecule has 0 amide bonds. The van der Waals surface area contributed by atoms with Crippen LogP contribution in [-0.2, 0) is 37.9 Å². The highest BCUT2D eigenvalue weighted by molar-refractivity contribution is 4.97. The fraction of sp³-hybridized carbons (Fsp3) is 1.00. The first-order valence-electron chi connectivity index (χ1n) is 15.8. The normalized spacial score (nSPS) is 48.4. The Balaban J connectivity index is 1.48. The molecular weight excluding hydrogens is 690 g/mol. The van der Waals surface area contributed by atoms with E-state index in [-0.39, 0.29) is 0 Å². The third-order valence-corrected chi connectivity index (χ3v) is 8.89. The number of hydrogen-bond acceptors (Lipinski definition) is 23. The van der Waals surface area contributed by atoms with E-state index in [1.807, 2.05) is 0 Å². The van der Waals surface area contributed by atoms with Crippen molar-refractivity contribution in [2.45, 2.75) is 129 Å². The van der Waals surface area contributed by atoms with Crippen molar-refractivity contribution in [2.24, 2.45) is 5.73 Å². The van der Waals surface area contributed by atoms with E-state index in [1.54, 1.807) is 0 Å². The van der Waals surface area contributed by atoms with Crippen molar-refractivity contribution in [2.75, 3.05) is 39.6 Å². The Morgan fingerprint density at radius 2 is 1.02 bits per heavy atom. The highest BCUT2D eigenvalue weighted by Gasteiger charge is 2.54. The van der Waals surface area contributed by atoms with Crippen molar-refractivity contribution >= 4 is 0 Å². The standard InChI is InChI=1S/C27H49NO22/c28-12-16(38)15(37)11(47-24(12)49-22-17(39)13(35)9(3-31)45-26(22)43-5-7(33)1-29)6-44-27-23(18(40)14(36)10(4-32)46-27)50-25-20(42)19(41)21(48-25)8(34)2-30/h7-27,29-42H,1-6,28H2/t7?,8-,9-,10-,11-,12-,13-,14+,15-,16-,17+,18+,19-,20-,21+,22-,23-,24+,25-,26+,27+/m1/s1. The summed E-state index contributed by atoms with van der Waals surface area (Å²) in [6, 6.07) is -1.52. The maximum Gasteiger partial charge on any atom is 0.187 e. The van der Waals surface area contributed by atoms with Gasteiger partial charge in [0.25, 0.3) is 0 Å². The molecular formula is C27H49NO22. The molecule has 4 aliphatic heterocycles. The lowest BCUT2D eigenvalue weighted by molar-refractivity contribution is -0.365. The van der Waals surface area contributed by atoms with Crippen LogP contribution in [-0.4, -0.2) is 240 Å². The minimum atomic E-state index is -1.89. The lowest BCUT2D eigenvalue weighted by Crippen LogP contribution is -2.67. The molecule has 0 bridgehead atoms. The van der Waals surface area contributed by atoms with E-state index in [0.29, 0.717) is 0 Å². The summed E-state index contributed by atoms with van der Waals surface area (Å²) < 4.78 is 44.4. The second-order valence-electron chi connectivity index (χ2n) is 12.4. The summed E-state index contributed by atoms with van der Waals surface area (Å²) in [7, 11) is 0. The summed E-state index contributed by atoms with van der Waals surface area (Å²) in [4.78, 5) is 0. The molecule has 23 heteroatoms. The zero-order valence-electron chi connectivity index (χ0n) is 26.5. The Kier molecular flexibility index (Phi) is 15.4. The summed E-state index contributed by atoms with van der Waals surface area (Å²) in [5.41, 5.74) is 6.04. The first-order chi connectivity index (χ1) is 23.7. The molecule has 1 unspecified atom stereocenters. The summed E-state index contributed by atoms with van der Waals surface area (Å²) >= 11 is 0. The molecule has 4 aliphatic rings. The average Bonchev–Trinajstić information content (AvgIpc) is 3.39. The summed E-state index contributed by atoms with van der Waals surface area (Å²) in [6.45, 7) is -4.39. The summed E-state index contributed by atoms with van der Waals surface area (Å²) in [5, 5.41) is 142. The maximum absolute atomic E-state index is 10.8. The van der Waals surface area contributed by atoms with Gasteiger partial charge < -0.3 is 115 Å². The molecule has 4 fully saturated rings. The lowest BCUT2D eigenvalue weighted by Gasteiger charge is -2.47. The Labute approximate surface area is 284 Å². The van der Waals surface area contributed by atoms with Crippen molar-refractivity contribution in [3.63, 3.8) is 0 Å². The van der Waals surface area contributed by atoms with Gasteiger partial charge in [-0.05, 0) is 0 Å². The van der Waals surface area contributed by atoms with Gasteiger partial charge in [-0.3, -0.25) is 0 Å². The van der Waals surface area contributed by atoms with Gasteiger partial charge >= 0.3 is 0 Å². The predicted molar refractivity (Wildman–Crippen MR) is 153 cm³/mol. The number of aliphatic hydroxyl groups is 14. The molecule has 4 saturated heterocycles. The molecule has 0 aromatic rings. The quantitative estimate of drug-likeness (QED) is 0.0741. The zero-order chi connectivity index (χ0) is 37.0. The van der Waals surface area contributed by atoms with Crippen LogP contribution in [0.1, 0.15) is 0 Å². The minimum Gasteiger partial charge on any atom is -0.394 e. The fourth-order valence-corrected chi connectivity index (χ4v) is 5.85. The van der Waals surface area contributed by atoms with E-state index in [0.717, 1.165) is 0 Å². The molecule has 4 rings (SSSR count). The van der Waals surface area contributed by atoms with Crippen LogP contribution >= 0.6 is 0 Å². The van der Waals surface area contributed by atoms with Gasteiger partial charge in [0, 0.05) is 0 Å². The molecule has 0 aliphatic carbocycles. The zero-order valence-corrected chi connectivity index (χ0v) is 26.5. The van der Waals surface area contributed by atoms with Gasteiger partial charge in [-0.1, -0.05) is 0 Å². The van der Waals surface area contributed by atoms with Gasteiger partial charge in [-0.15, -0.1) is 0 Å². The van der Waals surface area contributed by atoms with E-state index in [2.05, 4.69) is 0 Å². The SMILES string of the molecule is N[C@H]1[C@H](O[C@H]2[C@@H](OCC(O)CO)O[C@H](CO)[C@@H](O)[C@@H]2O)O[C@H](CO[C@H]2O[C@H](CO)[C@H](O)[C@H](O)[C@H]2O[C@H]2O[C@@H]([C@H](O)CO)[C@H](O)[C@H]2O)[C@@H](O)[C@@H]1O. The summed E-state index contributed by atoms with van der Waals surface area (Å²) in [5.74, 6) is 0. The first-order valence-corrected chi connectivity index (χ1v) is 15.8. The van der Waals surface area contributed by atoms with Crippen molar-refractivity contribution in [1.29, 1.82) is 0 Å². The highest BCUT2D eigenvalue weighted by atomic mass is 16.8. The van der Waals surface area contributed by atoms with Crippen molar-refractivity contribution in [1.82, 2.24) is 0 Å². The Bertz CT molecular complexity index is 1020. The van der Waals surface area contributed by atoms with Crippen molar-refractivity contribution in [3.05, 3.63) is 0 Å². The molecule has 294 valence electrons. The minimum absolute atomic E-state index is 0.540. The smallest absolute Gasteiger partial charge is 0.187 e. The van der Waals surface area contributed by atoms with Crippen molar-refractivity contribution < 1.29 is 109 Å². The van der Waals surface area contributed by atoms with Crippen LogP contribution in [0, 0.1) is 0 Å². The molecule has 23 nitrogen and oxygen atoms in total. The second kappa shape index (κ2) is 18.4. The van der Waals surface area contributed by atoms with Gasteiger partial charge in [-0.2, -0.15) is 0 Å². The predicted octanol–water partition coefficient (Wildman–Crippen LogP) is -10.4. The number of nitrogens with two attached hydrogens (primary N) is 1. The maximum atomic E-state index is 10.8. The van der Waals surface area contributed by atoms with Crippen LogP contribution in [0.5, 0.6) is 0 Å². The highest BCUT2D eigenvalue weighted by Crippen LogP contribution is 2.33. The molecule has 16 N–H and O–H groups in total. The molecule has 0 aromatic heterocycles. The Morgan fingerprint density at radius 3 is 1.54 bits per heavy atom. The third kappa shape index (κ3) is 9.05. The topological polar surface area (TPSA) is 383 Å². The third-order valence-electron chi connectivity index (χ3n) is 8.89. The van der Waals surface area contributed by atoms with E-state index in [9.17, 15) is 66.4 Å². The van der Waals surface area contributed by atoms with Crippen LogP contribution < -0.4 is 5.73 Å². The number of rotatable bonds is 15. The van der Waals surface area contributed by atoms with Gasteiger partial charge in [0.1, 0.15) is 97.7 Å². The largest absolute Gasteiger partial charge is 0.394 e. The van der Waals surface area contributed by atoms with Gasteiger partial charge in [-0.25, -0.2) is 0 Å². The molecule has 0 spiro atoms. The van der Waals surface area contributed by atoms with E-state index in [4.69, 9.17) is 48.7 Å². The molecule has 0 aromatic carbocycles. The Hall–Kier alpha value is -0.920. The average molecular weight is 740 g/mol. The molecule has 21 atom stereocenters. The molecule has 0 saturated carbocycles. The van der Waals surface area contributed by atoms with E-state index < -0.39 is 169 Å². The van der Waals surface area contributed by atoms with Gasteiger partial charge in [0.2, 0.25) is 0 Å². The first kappa shape index (κ1) is 41.8. The lowest BCUT2D eigenvalue weighted by atomic mass is 9.96. The molecule has 4 heterocycles. The van der Waals surface area contributed by atoms with Crippen molar-refractivity contribution in [3.8, 4) is 0 Å². The fourth-order valence-electron chi connectivity index (χ4n) is 5.85. The van der Waals surface area contributed by atoms with Crippen LogP contribution in [0.4, 0.5) is 0 Å².